The number of fused-ring (bicyclic) bond motifs is 1. The minimum atomic E-state index is 0.692. The third-order valence-corrected chi connectivity index (χ3v) is 4.60. The maximum Gasteiger partial charge on any atom is 0.139 e. The lowest BCUT2D eigenvalue weighted by molar-refractivity contribution is 0.286. The van der Waals surface area contributed by atoms with Crippen LogP contribution < -0.4 is 0 Å². The van der Waals surface area contributed by atoms with Crippen LogP contribution in [0.15, 0.2) is 35.2 Å². The molecule has 6 nitrogen and oxygen atoms in total. The summed E-state index contributed by atoms with van der Waals surface area (Å²) in [4.78, 5) is 6.97. The van der Waals surface area contributed by atoms with Gasteiger partial charge in [-0.1, -0.05) is 0 Å². The predicted molar refractivity (Wildman–Crippen MR) is 83.3 cm³/mol. The summed E-state index contributed by atoms with van der Waals surface area (Å²) in [6.07, 6.45) is 7.69. The lowest BCUT2D eigenvalue weighted by Gasteiger charge is -2.19. The van der Waals surface area contributed by atoms with Gasteiger partial charge in [-0.05, 0) is 61.4 Å². The minimum Gasteiger partial charge on any atom is -0.331 e. The molecule has 1 aliphatic rings. The fraction of sp³-hybridized carbons (Fsp3) is 0.438. The Morgan fingerprint density at radius 1 is 1.27 bits per heavy atom. The van der Waals surface area contributed by atoms with E-state index in [0.29, 0.717) is 6.04 Å². The predicted octanol–water partition coefficient (Wildman–Crippen LogP) is 2.57. The van der Waals surface area contributed by atoms with Crippen LogP contribution in [0.1, 0.15) is 19.3 Å². The highest BCUT2D eigenvalue weighted by molar-refractivity contribution is 5.78. The number of benzene rings is 1. The van der Waals surface area contributed by atoms with Gasteiger partial charge < -0.3 is 9.47 Å². The first-order valence-corrected chi connectivity index (χ1v) is 7.75. The molecule has 6 heteroatoms. The Labute approximate surface area is 128 Å². The van der Waals surface area contributed by atoms with Crippen molar-refractivity contribution in [1.82, 2.24) is 24.8 Å². The molecular weight excluding hydrogens is 278 g/mol. The van der Waals surface area contributed by atoms with Crippen molar-refractivity contribution in [1.29, 1.82) is 0 Å². The van der Waals surface area contributed by atoms with Gasteiger partial charge in [-0.3, -0.25) is 0 Å². The van der Waals surface area contributed by atoms with E-state index in [-0.39, 0.29) is 0 Å². The van der Waals surface area contributed by atoms with Gasteiger partial charge in [0.25, 0.3) is 0 Å². The number of aryl methyl sites for hydroxylation is 1. The second-order valence-electron chi connectivity index (χ2n) is 5.98. The molecule has 0 bridgehead atoms. The molecule has 0 unspecified atom stereocenters. The monoisotopic (exact) mass is 297 g/mol. The molecule has 1 aromatic carbocycles. The van der Waals surface area contributed by atoms with Crippen LogP contribution in [-0.4, -0.2) is 44.4 Å². The van der Waals surface area contributed by atoms with Crippen molar-refractivity contribution >= 4 is 11.0 Å². The van der Waals surface area contributed by atoms with Crippen molar-refractivity contribution in [3.8, 4) is 11.4 Å². The third kappa shape index (κ3) is 2.39. The summed E-state index contributed by atoms with van der Waals surface area (Å²) in [7, 11) is 2.22. The highest BCUT2D eigenvalue weighted by atomic mass is 16.6. The van der Waals surface area contributed by atoms with Crippen LogP contribution in [0.3, 0.4) is 0 Å². The molecule has 0 radical (unpaired) electrons. The molecule has 0 saturated carbocycles. The summed E-state index contributed by atoms with van der Waals surface area (Å²) in [6, 6.07) is 6.61. The first-order chi connectivity index (χ1) is 10.8. The number of rotatable bonds is 4. The molecule has 22 heavy (non-hydrogen) atoms. The smallest absolute Gasteiger partial charge is 0.139 e. The first kappa shape index (κ1) is 13.5. The molecule has 3 aromatic rings. The van der Waals surface area contributed by atoms with Gasteiger partial charge in [0.15, 0.2) is 0 Å². The van der Waals surface area contributed by atoms with Crippen molar-refractivity contribution in [3.05, 3.63) is 30.6 Å². The second kappa shape index (κ2) is 5.53. The molecule has 1 saturated heterocycles. The zero-order valence-electron chi connectivity index (χ0n) is 12.6. The molecule has 0 amide bonds. The quantitative estimate of drug-likeness (QED) is 0.740. The van der Waals surface area contributed by atoms with Crippen LogP contribution in [0.5, 0.6) is 0 Å². The molecule has 1 fully saturated rings. The summed E-state index contributed by atoms with van der Waals surface area (Å²) < 4.78 is 6.98. The van der Waals surface area contributed by atoms with Crippen LogP contribution in [0.4, 0.5) is 0 Å². The number of hydrogen-bond donors (Lipinski definition) is 0. The second-order valence-corrected chi connectivity index (χ2v) is 5.98. The zero-order valence-corrected chi connectivity index (χ0v) is 12.6. The van der Waals surface area contributed by atoms with Gasteiger partial charge in [-0.2, -0.15) is 0 Å². The van der Waals surface area contributed by atoms with Crippen molar-refractivity contribution in [2.75, 3.05) is 13.6 Å². The zero-order chi connectivity index (χ0) is 14.9. The summed E-state index contributed by atoms with van der Waals surface area (Å²) in [5, 5.41) is 7.75. The lowest BCUT2D eigenvalue weighted by atomic mass is 10.1. The SMILES string of the molecule is CN1CCC[C@H]1CCn1ccnc1-c1ccc2nonc2c1. The van der Waals surface area contributed by atoms with Gasteiger partial charge in [0, 0.05) is 30.5 Å². The number of nitrogens with zero attached hydrogens (tertiary/aromatic N) is 5. The van der Waals surface area contributed by atoms with E-state index < -0.39 is 0 Å². The van der Waals surface area contributed by atoms with Gasteiger partial charge >= 0.3 is 0 Å². The van der Waals surface area contributed by atoms with Gasteiger partial charge in [0.05, 0.1) is 0 Å². The Kier molecular flexibility index (Phi) is 3.38. The molecule has 1 aliphatic heterocycles. The van der Waals surface area contributed by atoms with E-state index in [1.165, 1.54) is 19.4 Å². The Bertz CT molecular complexity index is 778. The molecule has 4 rings (SSSR count). The van der Waals surface area contributed by atoms with Gasteiger partial charge in [0.1, 0.15) is 16.9 Å². The maximum absolute atomic E-state index is 4.76. The fourth-order valence-corrected chi connectivity index (χ4v) is 3.30. The van der Waals surface area contributed by atoms with E-state index >= 15 is 0 Å². The van der Waals surface area contributed by atoms with Crippen LogP contribution in [0.2, 0.25) is 0 Å². The van der Waals surface area contributed by atoms with E-state index in [1.807, 2.05) is 24.4 Å². The Morgan fingerprint density at radius 3 is 3.05 bits per heavy atom. The highest BCUT2D eigenvalue weighted by Gasteiger charge is 2.20. The van der Waals surface area contributed by atoms with E-state index in [2.05, 4.69) is 38.0 Å². The van der Waals surface area contributed by atoms with Gasteiger partial charge in [-0.25, -0.2) is 9.61 Å². The van der Waals surface area contributed by atoms with Gasteiger partial charge in [0.2, 0.25) is 0 Å². The largest absolute Gasteiger partial charge is 0.331 e. The fourth-order valence-electron chi connectivity index (χ4n) is 3.30. The lowest BCUT2D eigenvalue weighted by Crippen LogP contribution is -2.26. The minimum absolute atomic E-state index is 0.692. The first-order valence-electron chi connectivity index (χ1n) is 7.75. The Balaban J connectivity index is 1.56. The van der Waals surface area contributed by atoms with Crippen molar-refractivity contribution in [2.24, 2.45) is 0 Å². The van der Waals surface area contributed by atoms with E-state index in [4.69, 9.17) is 4.63 Å². The molecule has 114 valence electrons. The maximum atomic E-state index is 4.76. The Hall–Kier alpha value is -2.21. The number of hydrogen-bond acceptors (Lipinski definition) is 5. The number of likely N-dealkylation sites (tertiary alicyclic amines) is 1. The summed E-state index contributed by atoms with van der Waals surface area (Å²) >= 11 is 0. The van der Waals surface area contributed by atoms with Crippen molar-refractivity contribution in [3.63, 3.8) is 0 Å². The average Bonchev–Trinajstić information content (AvgIpc) is 3.24. The van der Waals surface area contributed by atoms with E-state index in [1.54, 1.807) is 0 Å². The number of aromatic nitrogens is 4. The van der Waals surface area contributed by atoms with Crippen molar-refractivity contribution < 1.29 is 4.63 Å². The molecule has 0 spiro atoms. The van der Waals surface area contributed by atoms with E-state index in [0.717, 1.165) is 35.4 Å². The number of imidazole rings is 1. The molecule has 0 aliphatic carbocycles. The molecule has 1 atom stereocenters. The van der Waals surface area contributed by atoms with Crippen LogP contribution >= 0.6 is 0 Å². The van der Waals surface area contributed by atoms with Crippen LogP contribution in [0.25, 0.3) is 22.4 Å². The summed E-state index contributed by atoms with van der Waals surface area (Å²) in [5.41, 5.74) is 2.59. The summed E-state index contributed by atoms with van der Waals surface area (Å²) in [6.45, 7) is 2.21. The van der Waals surface area contributed by atoms with Gasteiger partial charge in [-0.15, -0.1) is 0 Å². The van der Waals surface area contributed by atoms with Crippen LogP contribution in [-0.2, 0) is 6.54 Å². The third-order valence-electron chi connectivity index (χ3n) is 4.60. The van der Waals surface area contributed by atoms with Crippen LogP contribution in [0, 0.1) is 0 Å². The molecule has 0 N–H and O–H groups in total. The standard InChI is InChI=1S/C16H19N5O/c1-20-8-2-3-13(20)6-9-21-10-7-17-16(21)12-4-5-14-15(11-12)19-22-18-14/h4-5,7,10-11,13H,2-3,6,8-9H2,1H3/t13-/m0/s1. The molecular formula is C16H19N5O. The highest BCUT2D eigenvalue weighted by Crippen LogP contribution is 2.23. The molecule has 3 heterocycles. The van der Waals surface area contributed by atoms with Crippen molar-refractivity contribution in [2.45, 2.75) is 31.8 Å². The normalized spacial score (nSPS) is 19.2. The molecule has 2 aromatic heterocycles. The summed E-state index contributed by atoms with van der Waals surface area (Å²) in [5.74, 6) is 0.977. The Morgan fingerprint density at radius 2 is 2.18 bits per heavy atom. The van der Waals surface area contributed by atoms with E-state index in [9.17, 15) is 0 Å². The average molecular weight is 297 g/mol. The topological polar surface area (TPSA) is 60.0 Å².